The summed E-state index contributed by atoms with van der Waals surface area (Å²) in [6.07, 6.45) is 6.62. The molecule has 5 atom stereocenters. The highest BCUT2D eigenvalue weighted by Gasteiger charge is 2.60. The lowest BCUT2D eigenvalue weighted by molar-refractivity contribution is 0.153. The third-order valence-corrected chi connectivity index (χ3v) is 6.47. The molecular formula is C18H25NO2. The van der Waals surface area contributed by atoms with Gasteiger partial charge >= 0.3 is 0 Å². The molecule has 0 amide bonds. The summed E-state index contributed by atoms with van der Waals surface area (Å²) in [6.45, 7) is 0. The molecule has 3 aliphatic carbocycles. The molecule has 3 aliphatic rings. The maximum absolute atomic E-state index is 6.99. The minimum Gasteiger partial charge on any atom is -0.497 e. The number of benzene rings is 1. The molecule has 2 bridgehead atoms. The van der Waals surface area contributed by atoms with Gasteiger partial charge in [0, 0.05) is 11.1 Å². The summed E-state index contributed by atoms with van der Waals surface area (Å²) in [7, 11) is 3.45. The summed E-state index contributed by atoms with van der Waals surface area (Å²) in [5, 5.41) is 0. The van der Waals surface area contributed by atoms with E-state index in [1.165, 1.54) is 25.7 Å². The average Bonchev–Trinajstić information content (AvgIpc) is 3.18. The fourth-order valence-electron chi connectivity index (χ4n) is 5.68. The van der Waals surface area contributed by atoms with Crippen LogP contribution in [0.25, 0.3) is 0 Å². The molecule has 1 aromatic carbocycles. The minimum atomic E-state index is -0.226. The highest BCUT2D eigenvalue weighted by Crippen LogP contribution is 2.65. The second kappa shape index (κ2) is 4.64. The lowest BCUT2D eigenvalue weighted by Gasteiger charge is -2.41. The topological polar surface area (TPSA) is 44.5 Å². The molecule has 0 saturated heterocycles. The average molecular weight is 287 g/mol. The van der Waals surface area contributed by atoms with Crippen LogP contribution in [0, 0.1) is 23.7 Å². The number of hydrogen-bond donors (Lipinski definition) is 1. The van der Waals surface area contributed by atoms with Gasteiger partial charge in [-0.05, 0) is 67.6 Å². The van der Waals surface area contributed by atoms with Crippen molar-refractivity contribution in [3.05, 3.63) is 23.8 Å². The third-order valence-electron chi connectivity index (χ3n) is 6.47. The van der Waals surface area contributed by atoms with Crippen LogP contribution >= 0.6 is 0 Å². The Hall–Kier alpha value is -1.22. The van der Waals surface area contributed by atoms with Gasteiger partial charge in [-0.15, -0.1) is 0 Å². The van der Waals surface area contributed by atoms with Crippen molar-refractivity contribution in [2.24, 2.45) is 29.4 Å². The van der Waals surface area contributed by atoms with Gasteiger partial charge in [0.1, 0.15) is 11.5 Å². The van der Waals surface area contributed by atoms with E-state index in [2.05, 4.69) is 6.07 Å². The van der Waals surface area contributed by atoms with Gasteiger partial charge in [-0.2, -0.15) is 0 Å². The van der Waals surface area contributed by atoms with Crippen LogP contribution < -0.4 is 15.2 Å². The van der Waals surface area contributed by atoms with Gasteiger partial charge in [0.25, 0.3) is 0 Å². The van der Waals surface area contributed by atoms with Crippen molar-refractivity contribution >= 4 is 0 Å². The van der Waals surface area contributed by atoms with Crippen molar-refractivity contribution in [3.8, 4) is 11.5 Å². The zero-order valence-electron chi connectivity index (χ0n) is 13.0. The Labute approximate surface area is 126 Å². The largest absolute Gasteiger partial charge is 0.497 e. The van der Waals surface area contributed by atoms with Crippen LogP contribution in [0.3, 0.4) is 0 Å². The normalized spacial score (nSPS) is 40.3. The lowest BCUT2D eigenvalue weighted by atomic mass is 9.68. The SMILES string of the molecule is COc1ccc(OC)c(C2(N)CC3CC2C2CCCC32)c1. The molecule has 0 aliphatic heterocycles. The first-order valence-corrected chi connectivity index (χ1v) is 8.18. The maximum Gasteiger partial charge on any atom is 0.124 e. The van der Waals surface area contributed by atoms with E-state index in [0.717, 1.165) is 41.2 Å². The maximum atomic E-state index is 6.99. The predicted octanol–water partition coefficient (Wildman–Crippen LogP) is 3.31. The van der Waals surface area contributed by atoms with Crippen LogP contribution in [0.4, 0.5) is 0 Å². The van der Waals surface area contributed by atoms with Gasteiger partial charge in [-0.1, -0.05) is 6.42 Å². The molecule has 3 nitrogen and oxygen atoms in total. The van der Waals surface area contributed by atoms with Crippen molar-refractivity contribution in [3.63, 3.8) is 0 Å². The van der Waals surface area contributed by atoms with Crippen molar-refractivity contribution in [2.45, 2.75) is 37.6 Å². The van der Waals surface area contributed by atoms with E-state index >= 15 is 0 Å². The molecule has 3 heteroatoms. The van der Waals surface area contributed by atoms with Crippen LogP contribution in [0.2, 0.25) is 0 Å². The summed E-state index contributed by atoms with van der Waals surface area (Å²) < 4.78 is 11.0. The van der Waals surface area contributed by atoms with Gasteiger partial charge in [0.05, 0.1) is 14.2 Å². The van der Waals surface area contributed by atoms with Crippen LogP contribution in [0.5, 0.6) is 11.5 Å². The molecule has 1 aromatic rings. The molecule has 0 spiro atoms. The first kappa shape index (κ1) is 13.4. The molecule has 3 saturated carbocycles. The molecule has 4 rings (SSSR count). The number of methoxy groups -OCH3 is 2. The Kier molecular flexibility index (Phi) is 2.97. The number of fused-ring (bicyclic) bond motifs is 5. The molecular weight excluding hydrogens is 262 g/mol. The van der Waals surface area contributed by atoms with E-state index < -0.39 is 0 Å². The van der Waals surface area contributed by atoms with E-state index in [-0.39, 0.29) is 5.54 Å². The van der Waals surface area contributed by atoms with Crippen LogP contribution in [-0.4, -0.2) is 14.2 Å². The molecule has 0 aromatic heterocycles. The first-order valence-electron chi connectivity index (χ1n) is 8.18. The monoisotopic (exact) mass is 287 g/mol. The van der Waals surface area contributed by atoms with E-state index in [4.69, 9.17) is 15.2 Å². The quantitative estimate of drug-likeness (QED) is 0.927. The zero-order valence-corrected chi connectivity index (χ0v) is 13.0. The molecule has 0 radical (unpaired) electrons. The Balaban J connectivity index is 1.76. The Bertz CT molecular complexity index is 558. The molecule has 0 heterocycles. The fourth-order valence-corrected chi connectivity index (χ4v) is 5.68. The molecule has 3 fully saturated rings. The summed E-state index contributed by atoms with van der Waals surface area (Å²) in [6, 6.07) is 6.06. The highest BCUT2D eigenvalue weighted by atomic mass is 16.5. The number of nitrogens with two attached hydrogens (primary N) is 1. The fraction of sp³-hybridized carbons (Fsp3) is 0.667. The zero-order chi connectivity index (χ0) is 14.6. The Morgan fingerprint density at radius 3 is 2.71 bits per heavy atom. The van der Waals surface area contributed by atoms with Gasteiger partial charge in [-0.25, -0.2) is 0 Å². The third kappa shape index (κ3) is 1.76. The minimum absolute atomic E-state index is 0.226. The van der Waals surface area contributed by atoms with Gasteiger partial charge in [0.15, 0.2) is 0 Å². The van der Waals surface area contributed by atoms with Crippen molar-refractivity contribution < 1.29 is 9.47 Å². The number of ether oxygens (including phenoxy) is 2. The van der Waals surface area contributed by atoms with Gasteiger partial charge < -0.3 is 15.2 Å². The van der Waals surface area contributed by atoms with Gasteiger partial charge in [0.2, 0.25) is 0 Å². The summed E-state index contributed by atoms with van der Waals surface area (Å²) >= 11 is 0. The summed E-state index contributed by atoms with van der Waals surface area (Å²) in [5.74, 6) is 5.02. The Morgan fingerprint density at radius 1 is 1.14 bits per heavy atom. The summed E-state index contributed by atoms with van der Waals surface area (Å²) in [5.41, 5.74) is 7.91. The van der Waals surface area contributed by atoms with E-state index in [9.17, 15) is 0 Å². The molecule has 114 valence electrons. The molecule has 21 heavy (non-hydrogen) atoms. The second-order valence-corrected chi connectivity index (χ2v) is 7.17. The van der Waals surface area contributed by atoms with Crippen molar-refractivity contribution in [1.29, 1.82) is 0 Å². The van der Waals surface area contributed by atoms with E-state index in [0.29, 0.717) is 5.92 Å². The Morgan fingerprint density at radius 2 is 1.95 bits per heavy atom. The summed E-state index contributed by atoms with van der Waals surface area (Å²) in [4.78, 5) is 0. The second-order valence-electron chi connectivity index (χ2n) is 7.17. The van der Waals surface area contributed by atoms with Crippen LogP contribution in [0.1, 0.15) is 37.7 Å². The molecule has 5 unspecified atom stereocenters. The van der Waals surface area contributed by atoms with Crippen molar-refractivity contribution in [2.75, 3.05) is 14.2 Å². The molecule has 2 N–H and O–H groups in total. The predicted molar refractivity (Wildman–Crippen MR) is 82.5 cm³/mol. The van der Waals surface area contributed by atoms with E-state index in [1.54, 1.807) is 14.2 Å². The smallest absolute Gasteiger partial charge is 0.124 e. The van der Waals surface area contributed by atoms with E-state index in [1.807, 2.05) is 12.1 Å². The first-order chi connectivity index (χ1) is 10.2. The van der Waals surface area contributed by atoms with Crippen LogP contribution in [-0.2, 0) is 5.54 Å². The standard InChI is InChI=1S/C18H25NO2/c1-20-12-6-7-17(21-2)16(9-12)18(19)10-11-8-15(18)14-5-3-4-13(11)14/h6-7,9,11,13-15H,3-5,8,10,19H2,1-2H3. The lowest BCUT2D eigenvalue weighted by Crippen LogP contribution is -2.46. The highest BCUT2D eigenvalue weighted by molar-refractivity contribution is 5.46. The van der Waals surface area contributed by atoms with Crippen LogP contribution in [0.15, 0.2) is 18.2 Å². The van der Waals surface area contributed by atoms with Crippen molar-refractivity contribution in [1.82, 2.24) is 0 Å². The number of rotatable bonds is 3. The van der Waals surface area contributed by atoms with Gasteiger partial charge in [-0.3, -0.25) is 0 Å². The number of hydrogen-bond acceptors (Lipinski definition) is 3.